The van der Waals surface area contributed by atoms with Crippen molar-refractivity contribution in [3.05, 3.63) is 29.3 Å². The minimum atomic E-state index is -0.602. The summed E-state index contributed by atoms with van der Waals surface area (Å²) in [5, 5.41) is 10.1. The highest BCUT2D eigenvalue weighted by atomic mass is 16.3. The van der Waals surface area contributed by atoms with Crippen molar-refractivity contribution in [2.75, 3.05) is 4.90 Å². The molecule has 1 aromatic rings. The third kappa shape index (κ3) is 2.69. The van der Waals surface area contributed by atoms with Crippen LogP contribution in [0.5, 0.6) is 0 Å². The zero-order chi connectivity index (χ0) is 13.5. The van der Waals surface area contributed by atoms with E-state index in [9.17, 15) is 5.11 Å². The lowest BCUT2D eigenvalue weighted by atomic mass is 9.96. The molecule has 0 amide bonds. The lowest BCUT2D eigenvalue weighted by Crippen LogP contribution is -2.42. The van der Waals surface area contributed by atoms with Crippen LogP contribution in [-0.4, -0.2) is 22.8 Å². The van der Waals surface area contributed by atoms with Gasteiger partial charge in [0, 0.05) is 17.8 Å². The maximum atomic E-state index is 10.1. The Morgan fingerprint density at radius 1 is 1.39 bits per heavy atom. The fourth-order valence-electron chi connectivity index (χ4n) is 3.13. The van der Waals surface area contributed by atoms with Crippen molar-refractivity contribution in [3.63, 3.8) is 0 Å². The average molecular weight is 247 g/mol. The standard InChI is InChI=1S/C16H25NO/c1-11(2)17-14(10-16(4,5)18)9-13-8-12(3)6-7-15(13)17/h6-8,11,14,18H,9-10H2,1-5H3. The van der Waals surface area contributed by atoms with Crippen LogP contribution in [0.25, 0.3) is 0 Å². The molecule has 0 fully saturated rings. The molecule has 1 heterocycles. The predicted octanol–water partition coefficient (Wildman–Crippen LogP) is 3.30. The molecule has 18 heavy (non-hydrogen) atoms. The van der Waals surface area contributed by atoms with Crippen LogP contribution in [0, 0.1) is 6.92 Å². The highest BCUT2D eigenvalue weighted by Gasteiger charge is 2.34. The Balaban J connectivity index is 2.31. The van der Waals surface area contributed by atoms with E-state index in [1.165, 1.54) is 16.8 Å². The zero-order valence-electron chi connectivity index (χ0n) is 12.2. The molecular weight excluding hydrogens is 222 g/mol. The quantitative estimate of drug-likeness (QED) is 0.886. The summed E-state index contributed by atoms with van der Waals surface area (Å²) in [7, 11) is 0. The molecule has 0 aliphatic carbocycles. The number of hydrogen-bond acceptors (Lipinski definition) is 2. The minimum absolute atomic E-state index is 0.418. The third-order valence-corrected chi connectivity index (χ3v) is 3.65. The fraction of sp³-hybridized carbons (Fsp3) is 0.625. The molecule has 0 radical (unpaired) electrons. The van der Waals surface area contributed by atoms with Gasteiger partial charge in [0.15, 0.2) is 0 Å². The molecule has 100 valence electrons. The van der Waals surface area contributed by atoms with Crippen LogP contribution in [-0.2, 0) is 6.42 Å². The number of aryl methyl sites for hydroxylation is 1. The number of hydrogen-bond donors (Lipinski definition) is 1. The van der Waals surface area contributed by atoms with Gasteiger partial charge in [-0.15, -0.1) is 0 Å². The van der Waals surface area contributed by atoms with E-state index in [1.807, 2.05) is 13.8 Å². The lowest BCUT2D eigenvalue weighted by Gasteiger charge is -2.34. The summed E-state index contributed by atoms with van der Waals surface area (Å²) < 4.78 is 0. The van der Waals surface area contributed by atoms with Crippen LogP contribution < -0.4 is 4.90 Å². The summed E-state index contributed by atoms with van der Waals surface area (Å²) in [5.74, 6) is 0. The molecule has 0 aromatic heterocycles. The molecular formula is C16H25NO. The van der Waals surface area contributed by atoms with Gasteiger partial charge in [-0.1, -0.05) is 17.7 Å². The van der Waals surface area contributed by atoms with Crippen molar-refractivity contribution < 1.29 is 5.11 Å². The molecule has 1 N–H and O–H groups in total. The number of nitrogens with zero attached hydrogens (tertiary/aromatic N) is 1. The number of rotatable bonds is 3. The molecule has 2 nitrogen and oxygen atoms in total. The summed E-state index contributed by atoms with van der Waals surface area (Å²) in [4.78, 5) is 2.47. The Labute approximate surface area is 111 Å². The SMILES string of the molecule is Cc1ccc2c(c1)CC(CC(C)(C)O)N2C(C)C. The van der Waals surface area contributed by atoms with Crippen LogP contribution in [0.1, 0.15) is 45.2 Å². The smallest absolute Gasteiger partial charge is 0.0611 e. The van der Waals surface area contributed by atoms with Crippen molar-refractivity contribution in [2.45, 2.75) is 65.1 Å². The van der Waals surface area contributed by atoms with Gasteiger partial charge in [-0.3, -0.25) is 0 Å². The first kappa shape index (κ1) is 13.4. The molecule has 1 atom stereocenters. The summed E-state index contributed by atoms with van der Waals surface area (Å²) >= 11 is 0. The molecule has 1 unspecified atom stereocenters. The van der Waals surface area contributed by atoms with Crippen molar-refractivity contribution in [1.82, 2.24) is 0 Å². The molecule has 1 aliphatic heterocycles. The average Bonchev–Trinajstić information content (AvgIpc) is 2.51. The largest absolute Gasteiger partial charge is 0.390 e. The van der Waals surface area contributed by atoms with Gasteiger partial charge in [0.05, 0.1) is 5.60 Å². The van der Waals surface area contributed by atoms with Crippen LogP contribution in [0.3, 0.4) is 0 Å². The van der Waals surface area contributed by atoms with Crippen molar-refractivity contribution in [1.29, 1.82) is 0 Å². The number of benzene rings is 1. The van der Waals surface area contributed by atoms with Gasteiger partial charge in [-0.25, -0.2) is 0 Å². The minimum Gasteiger partial charge on any atom is -0.390 e. The molecule has 0 saturated heterocycles. The van der Waals surface area contributed by atoms with E-state index >= 15 is 0 Å². The van der Waals surface area contributed by atoms with Gasteiger partial charge in [-0.2, -0.15) is 0 Å². The monoisotopic (exact) mass is 247 g/mol. The summed E-state index contributed by atoms with van der Waals surface area (Å²) in [6.45, 7) is 10.4. The second-order valence-corrected chi connectivity index (χ2v) is 6.51. The third-order valence-electron chi connectivity index (χ3n) is 3.65. The predicted molar refractivity (Wildman–Crippen MR) is 77.2 cm³/mol. The van der Waals surface area contributed by atoms with Crippen LogP contribution >= 0.6 is 0 Å². The first-order valence-electron chi connectivity index (χ1n) is 6.88. The first-order valence-corrected chi connectivity index (χ1v) is 6.88. The molecule has 1 aliphatic rings. The van der Waals surface area contributed by atoms with Gasteiger partial charge in [0.2, 0.25) is 0 Å². The van der Waals surface area contributed by atoms with E-state index in [1.54, 1.807) is 0 Å². The Morgan fingerprint density at radius 3 is 2.61 bits per heavy atom. The normalized spacial score (nSPS) is 19.5. The van der Waals surface area contributed by atoms with E-state index < -0.39 is 5.60 Å². The van der Waals surface area contributed by atoms with E-state index in [0.29, 0.717) is 12.1 Å². The van der Waals surface area contributed by atoms with Crippen molar-refractivity contribution in [2.24, 2.45) is 0 Å². The summed E-state index contributed by atoms with van der Waals surface area (Å²) in [5.41, 5.74) is 3.50. The molecule has 1 aromatic carbocycles. The molecule has 2 heteroatoms. The van der Waals surface area contributed by atoms with Gasteiger partial charge in [-0.05, 0) is 59.1 Å². The highest BCUT2D eigenvalue weighted by molar-refractivity contribution is 5.61. The Bertz CT molecular complexity index is 431. The Morgan fingerprint density at radius 2 is 2.06 bits per heavy atom. The highest BCUT2D eigenvalue weighted by Crippen LogP contribution is 2.37. The summed E-state index contributed by atoms with van der Waals surface area (Å²) in [6.07, 6.45) is 1.87. The van der Waals surface area contributed by atoms with Crippen molar-refractivity contribution >= 4 is 5.69 Å². The molecule has 0 spiro atoms. The number of fused-ring (bicyclic) bond motifs is 1. The molecule has 0 bridgehead atoms. The van der Waals surface area contributed by atoms with Crippen LogP contribution in [0.15, 0.2) is 18.2 Å². The topological polar surface area (TPSA) is 23.5 Å². The summed E-state index contributed by atoms with van der Waals surface area (Å²) in [6, 6.07) is 7.59. The number of anilines is 1. The Kier molecular flexibility index (Phi) is 3.41. The van der Waals surface area contributed by atoms with Gasteiger partial charge >= 0.3 is 0 Å². The van der Waals surface area contributed by atoms with E-state index in [-0.39, 0.29) is 0 Å². The second kappa shape index (κ2) is 4.58. The second-order valence-electron chi connectivity index (χ2n) is 6.51. The Hall–Kier alpha value is -1.02. The number of aliphatic hydroxyl groups is 1. The first-order chi connectivity index (χ1) is 8.28. The fourth-order valence-corrected chi connectivity index (χ4v) is 3.13. The van der Waals surface area contributed by atoms with Crippen LogP contribution in [0.2, 0.25) is 0 Å². The van der Waals surface area contributed by atoms with Gasteiger partial charge < -0.3 is 10.0 Å². The van der Waals surface area contributed by atoms with E-state index in [0.717, 1.165) is 12.8 Å². The molecule has 2 rings (SSSR count). The van der Waals surface area contributed by atoms with Gasteiger partial charge in [0.1, 0.15) is 0 Å². The maximum absolute atomic E-state index is 10.1. The van der Waals surface area contributed by atoms with Gasteiger partial charge in [0.25, 0.3) is 0 Å². The van der Waals surface area contributed by atoms with Crippen LogP contribution in [0.4, 0.5) is 5.69 Å². The van der Waals surface area contributed by atoms with E-state index in [2.05, 4.69) is 43.9 Å². The maximum Gasteiger partial charge on any atom is 0.0611 e. The molecule has 0 saturated carbocycles. The zero-order valence-corrected chi connectivity index (χ0v) is 12.2. The van der Waals surface area contributed by atoms with E-state index in [4.69, 9.17) is 0 Å². The van der Waals surface area contributed by atoms with Crippen molar-refractivity contribution in [3.8, 4) is 0 Å². The lowest BCUT2D eigenvalue weighted by molar-refractivity contribution is 0.0629.